The molecule has 0 fully saturated rings. The van der Waals surface area contributed by atoms with Gasteiger partial charge in [-0.05, 0) is 72.4 Å². The molecule has 1 unspecified atom stereocenters. The van der Waals surface area contributed by atoms with E-state index in [4.69, 9.17) is 10.5 Å². The van der Waals surface area contributed by atoms with Gasteiger partial charge in [-0.2, -0.15) is 0 Å². The molecule has 0 aliphatic heterocycles. The molecular formula is C17H20BrNO. The van der Waals surface area contributed by atoms with Gasteiger partial charge in [0.15, 0.2) is 0 Å². The second-order valence-electron chi connectivity index (χ2n) is 5.33. The zero-order valence-electron chi connectivity index (χ0n) is 12.1. The van der Waals surface area contributed by atoms with Gasteiger partial charge >= 0.3 is 0 Å². The number of halogens is 1. The van der Waals surface area contributed by atoms with Crippen molar-refractivity contribution in [1.29, 1.82) is 0 Å². The molecular weight excluding hydrogens is 314 g/mol. The third-order valence-corrected chi connectivity index (χ3v) is 3.68. The molecule has 2 aromatic carbocycles. The maximum Gasteiger partial charge on any atom is 0.141 e. The Bertz CT molecular complexity index is 608. The van der Waals surface area contributed by atoms with Crippen LogP contribution in [0, 0.1) is 13.8 Å². The van der Waals surface area contributed by atoms with E-state index in [9.17, 15) is 0 Å². The number of hydrogen-bond acceptors (Lipinski definition) is 2. The van der Waals surface area contributed by atoms with Gasteiger partial charge in [0.25, 0.3) is 0 Å². The topological polar surface area (TPSA) is 35.2 Å². The Morgan fingerprint density at radius 2 is 1.65 bits per heavy atom. The van der Waals surface area contributed by atoms with Crippen molar-refractivity contribution in [3.05, 3.63) is 57.6 Å². The minimum atomic E-state index is 0.112. The first-order valence-corrected chi connectivity index (χ1v) is 7.54. The fourth-order valence-electron chi connectivity index (χ4n) is 2.12. The average Bonchev–Trinajstić information content (AvgIpc) is 2.34. The minimum Gasteiger partial charge on any atom is -0.456 e. The summed E-state index contributed by atoms with van der Waals surface area (Å²) in [5.41, 5.74) is 9.48. The Kier molecular flexibility index (Phi) is 4.84. The molecule has 0 heterocycles. The van der Waals surface area contributed by atoms with E-state index in [1.807, 2.05) is 25.1 Å². The molecule has 0 radical (unpaired) electrons. The van der Waals surface area contributed by atoms with Crippen molar-refractivity contribution >= 4 is 15.9 Å². The SMILES string of the molecule is Cc1ccc(Oc2ccc(C)cc2CC(C)N)c(Br)c1. The largest absolute Gasteiger partial charge is 0.456 e. The summed E-state index contributed by atoms with van der Waals surface area (Å²) in [5, 5.41) is 0. The van der Waals surface area contributed by atoms with Crippen LogP contribution in [0.1, 0.15) is 23.6 Å². The molecule has 0 bridgehead atoms. The van der Waals surface area contributed by atoms with Crippen LogP contribution in [-0.4, -0.2) is 6.04 Å². The Labute approximate surface area is 129 Å². The minimum absolute atomic E-state index is 0.112. The van der Waals surface area contributed by atoms with Gasteiger partial charge in [0.05, 0.1) is 4.47 Å². The van der Waals surface area contributed by atoms with E-state index in [0.29, 0.717) is 0 Å². The van der Waals surface area contributed by atoms with Crippen LogP contribution in [0.5, 0.6) is 11.5 Å². The number of hydrogen-bond donors (Lipinski definition) is 1. The lowest BCUT2D eigenvalue weighted by molar-refractivity contribution is 0.470. The molecule has 0 aliphatic carbocycles. The maximum atomic E-state index is 6.05. The van der Waals surface area contributed by atoms with Crippen molar-refractivity contribution in [2.45, 2.75) is 33.2 Å². The summed E-state index contributed by atoms with van der Waals surface area (Å²) in [6, 6.07) is 12.4. The van der Waals surface area contributed by atoms with Crippen molar-refractivity contribution in [1.82, 2.24) is 0 Å². The van der Waals surface area contributed by atoms with E-state index in [2.05, 4.69) is 48.0 Å². The van der Waals surface area contributed by atoms with Gasteiger partial charge in [-0.1, -0.05) is 23.8 Å². The molecule has 3 heteroatoms. The predicted molar refractivity (Wildman–Crippen MR) is 87.5 cm³/mol. The van der Waals surface area contributed by atoms with Gasteiger partial charge in [-0.15, -0.1) is 0 Å². The van der Waals surface area contributed by atoms with Crippen molar-refractivity contribution in [2.75, 3.05) is 0 Å². The highest BCUT2D eigenvalue weighted by Gasteiger charge is 2.09. The summed E-state index contributed by atoms with van der Waals surface area (Å²) in [6.07, 6.45) is 0.806. The zero-order valence-corrected chi connectivity index (χ0v) is 13.7. The molecule has 2 N–H and O–H groups in total. The smallest absolute Gasteiger partial charge is 0.141 e. The van der Waals surface area contributed by atoms with Crippen LogP contribution in [-0.2, 0) is 6.42 Å². The van der Waals surface area contributed by atoms with Crippen molar-refractivity contribution in [3.63, 3.8) is 0 Å². The lowest BCUT2D eigenvalue weighted by atomic mass is 10.0. The van der Waals surface area contributed by atoms with Gasteiger partial charge in [-0.3, -0.25) is 0 Å². The highest BCUT2D eigenvalue weighted by molar-refractivity contribution is 9.10. The van der Waals surface area contributed by atoms with E-state index >= 15 is 0 Å². The van der Waals surface area contributed by atoms with Gasteiger partial charge in [0.1, 0.15) is 11.5 Å². The van der Waals surface area contributed by atoms with E-state index in [0.717, 1.165) is 28.0 Å². The van der Waals surface area contributed by atoms with Crippen LogP contribution < -0.4 is 10.5 Å². The molecule has 20 heavy (non-hydrogen) atoms. The van der Waals surface area contributed by atoms with Crippen molar-refractivity contribution < 1.29 is 4.74 Å². The van der Waals surface area contributed by atoms with Crippen LogP contribution in [0.2, 0.25) is 0 Å². The highest BCUT2D eigenvalue weighted by Crippen LogP contribution is 2.32. The van der Waals surface area contributed by atoms with Gasteiger partial charge in [0.2, 0.25) is 0 Å². The first kappa shape index (κ1) is 15.1. The summed E-state index contributed by atoms with van der Waals surface area (Å²) in [7, 11) is 0. The second kappa shape index (κ2) is 6.42. The molecule has 0 saturated carbocycles. The molecule has 0 saturated heterocycles. The lowest BCUT2D eigenvalue weighted by Gasteiger charge is -2.15. The summed E-state index contributed by atoms with van der Waals surface area (Å²) in [4.78, 5) is 0. The summed E-state index contributed by atoms with van der Waals surface area (Å²) in [5.74, 6) is 1.70. The normalized spacial score (nSPS) is 12.2. The Morgan fingerprint density at radius 1 is 1.05 bits per heavy atom. The number of benzene rings is 2. The first-order valence-electron chi connectivity index (χ1n) is 6.75. The number of rotatable bonds is 4. The first-order chi connectivity index (χ1) is 9.45. The second-order valence-corrected chi connectivity index (χ2v) is 6.18. The van der Waals surface area contributed by atoms with Gasteiger partial charge < -0.3 is 10.5 Å². The molecule has 0 aromatic heterocycles. The maximum absolute atomic E-state index is 6.05. The van der Waals surface area contributed by atoms with Crippen LogP contribution in [0.15, 0.2) is 40.9 Å². The quantitative estimate of drug-likeness (QED) is 0.876. The highest BCUT2D eigenvalue weighted by atomic mass is 79.9. The predicted octanol–water partition coefficient (Wildman–Crippen LogP) is 4.75. The average molecular weight is 334 g/mol. The van der Waals surface area contributed by atoms with Gasteiger partial charge in [-0.25, -0.2) is 0 Å². The molecule has 0 spiro atoms. The van der Waals surface area contributed by atoms with Crippen molar-refractivity contribution in [3.8, 4) is 11.5 Å². The van der Waals surface area contributed by atoms with E-state index in [1.54, 1.807) is 0 Å². The summed E-state index contributed by atoms with van der Waals surface area (Å²) >= 11 is 3.54. The number of aryl methyl sites for hydroxylation is 2. The molecule has 2 rings (SSSR count). The Balaban J connectivity index is 2.32. The Morgan fingerprint density at radius 3 is 2.25 bits per heavy atom. The van der Waals surface area contributed by atoms with E-state index in [-0.39, 0.29) is 6.04 Å². The van der Waals surface area contributed by atoms with Crippen LogP contribution >= 0.6 is 15.9 Å². The monoisotopic (exact) mass is 333 g/mol. The standard InChI is InChI=1S/C17H20BrNO/c1-11-4-6-16(14(8-11)10-13(3)19)20-17-7-5-12(2)9-15(17)18/h4-9,13H,10,19H2,1-3H3. The van der Waals surface area contributed by atoms with Crippen molar-refractivity contribution in [2.24, 2.45) is 5.73 Å². The Hall–Kier alpha value is -1.32. The third kappa shape index (κ3) is 3.84. The molecule has 0 aliphatic rings. The fraction of sp³-hybridized carbons (Fsp3) is 0.294. The van der Waals surface area contributed by atoms with E-state index in [1.165, 1.54) is 11.1 Å². The lowest BCUT2D eigenvalue weighted by Crippen LogP contribution is -2.18. The molecule has 2 aromatic rings. The summed E-state index contributed by atoms with van der Waals surface area (Å²) < 4.78 is 7.01. The van der Waals surface area contributed by atoms with Crippen LogP contribution in [0.25, 0.3) is 0 Å². The summed E-state index contributed by atoms with van der Waals surface area (Å²) in [6.45, 7) is 6.14. The molecule has 106 valence electrons. The van der Waals surface area contributed by atoms with Gasteiger partial charge in [0, 0.05) is 6.04 Å². The third-order valence-electron chi connectivity index (χ3n) is 3.07. The van der Waals surface area contributed by atoms with Crippen LogP contribution in [0.3, 0.4) is 0 Å². The van der Waals surface area contributed by atoms with E-state index < -0.39 is 0 Å². The zero-order chi connectivity index (χ0) is 14.7. The number of nitrogens with two attached hydrogens (primary N) is 1. The molecule has 0 amide bonds. The number of ether oxygens (including phenoxy) is 1. The van der Waals surface area contributed by atoms with Crippen LogP contribution in [0.4, 0.5) is 0 Å². The molecule has 2 nitrogen and oxygen atoms in total. The fourth-order valence-corrected chi connectivity index (χ4v) is 2.70. The molecule has 1 atom stereocenters.